The maximum atomic E-state index is 5.78. The van der Waals surface area contributed by atoms with Crippen molar-refractivity contribution in [1.82, 2.24) is 10.2 Å². The largest absolute Gasteiger partial charge is 0.381 e. The van der Waals surface area contributed by atoms with Crippen LogP contribution in [0.5, 0.6) is 0 Å². The number of rotatable bonds is 7. The van der Waals surface area contributed by atoms with Crippen molar-refractivity contribution in [3.63, 3.8) is 0 Å². The zero-order chi connectivity index (χ0) is 13.6. The Kier molecular flexibility index (Phi) is 6.61. The van der Waals surface area contributed by atoms with Gasteiger partial charge in [-0.3, -0.25) is 0 Å². The summed E-state index contributed by atoms with van der Waals surface area (Å²) in [7, 11) is 0. The zero-order valence-corrected chi connectivity index (χ0v) is 13.0. The van der Waals surface area contributed by atoms with Gasteiger partial charge >= 0.3 is 0 Å². The van der Waals surface area contributed by atoms with Crippen LogP contribution in [-0.4, -0.2) is 49.8 Å². The maximum Gasteiger partial charge on any atom is 0.0546 e. The summed E-state index contributed by atoms with van der Waals surface area (Å²) in [6, 6.07) is 1.17. The fourth-order valence-corrected chi connectivity index (χ4v) is 2.74. The van der Waals surface area contributed by atoms with E-state index >= 15 is 0 Å². The number of hydrogen-bond acceptors (Lipinski definition) is 3. The van der Waals surface area contributed by atoms with Gasteiger partial charge in [0.1, 0.15) is 0 Å². The summed E-state index contributed by atoms with van der Waals surface area (Å²) in [5, 5.41) is 3.62. The Balaban J connectivity index is 2.63. The number of ether oxygens (including phenoxy) is 1. The fourth-order valence-electron chi connectivity index (χ4n) is 2.74. The van der Waals surface area contributed by atoms with Crippen LogP contribution in [0.25, 0.3) is 0 Å². The molecule has 0 radical (unpaired) electrons. The highest BCUT2D eigenvalue weighted by molar-refractivity contribution is 4.88. The van der Waals surface area contributed by atoms with E-state index in [0.717, 1.165) is 32.8 Å². The summed E-state index contributed by atoms with van der Waals surface area (Å²) >= 11 is 0. The Morgan fingerprint density at radius 2 is 2.00 bits per heavy atom. The van der Waals surface area contributed by atoms with E-state index in [1.54, 1.807) is 0 Å². The van der Waals surface area contributed by atoms with Gasteiger partial charge in [0.25, 0.3) is 0 Å². The summed E-state index contributed by atoms with van der Waals surface area (Å²) < 4.78 is 5.78. The molecule has 0 aromatic rings. The van der Waals surface area contributed by atoms with Gasteiger partial charge in [0.15, 0.2) is 0 Å². The first-order valence-electron chi connectivity index (χ1n) is 7.54. The van der Waals surface area contributed by atoms with Gasteiger partial charge in [-0.15, -0.1) is 0 Å². The monoisotopic (exact) mass is 256 g/mol. The molecule has 0 aliphatic carbocycles. The van der Waals surface area contributed by atoms with Crippen molar-refractivity contribution in [2.75, 3.05) is 32.8 Å². The summed E-state index contributed by atoms with van der Waals surface area (Å²) in [5.74, 6) is 0. The van der Waals surface area contributed by atoms with Gasteiger partial charge in [-0.05, 0) is 33.2 Å². The van der Waals surface area contributed by atoms with Crippen LogP contribution in [0.4, 0.5) is 0 Å². The van der Waals surface area contributed by atoms with Gasteiger partial charge in [0.05, 0.1) is 6.61 Å². The highest BCUT2D eigenvalue weighted by Crippen LogP contribution is 2.30. The zero-order valence-electron chi connectivity index (χ0n) is 13.0. The van der Waals surface area contributed by atoms with E-state index in [4.69, 9.17) is 4.74 Å². The van der Waals surface area contributed by atoms with E-state index < -0.39 is 0 Å². The predicted molar refractivity (Wildman–Crippen MR) is 78.0 cm³/mol. The molecule has 3 nitrogen and oxygen atoms in total. The molecule has 1 rings (SSSR count). The molecule has 0 aromatic heterocycles. The molecule has 1 aliphatic heterocycles. The Labute approximate surface area is 113 Å². The van der Waals surface area contributed by atoms with E-state index in [1.165, 1.54) is 12.8 Å². The van der Waals surface area contributed by atoms with Crippen molar-refractivity contribution < 1.29 is 4.74 Å². The van der Waals surface area contributed by atoms with Crippen molar-refractivity contribution in [3.8, 4) is 0 Å². The highest BCUT2D eigenvalue weighted by Gasteiger charge is 2.35. The standard InChI is InChI=1S/C15H32N2O/c1-6-17(14(4)5)11-15(10-16-13(2)3)8-7-9-18-12-15/h13-14,16H,6-12H2,1-5H3. The summed E-state index contributed by atoms with van der Waals surface area (Å²) in [6.07, 6.45) is 2.49. The second kappa shape index (κ2) is 7.46. The molecule has 1 aliphatic rings. The van der Waals surface area contributed by atoms with Crippen molar-refractivity contribution >= 4 is 0 Å². The van der Waals surface area contributed by atoms with Crippen molar-refractivity contribution in [2.24, 2.45) is 5.41 Å². The predicted octanol–water partition coefficient (Wildman–Crippen LogP) is 2.51. The van der Waals surface area contributed by atoms with Gasteiger partial charge in [0, 0.05) is 37.2 Å². The Morgan fingerprint density at radius 3 is 2.44 bits per heavy atom. The lowest BCUT2D eigenvalue weighted by Gasteiger charge is -2.42. The average molecular weight is 256 g/mol. The van der Waals surface area contributed by atoms with Crippen LogP contribution < -0.4 is 5.32 Å². The molecule has 1 fully saturated rings. The molecule has 0 saturated carbocycles. The highest BCUT2D eigenvalue weighted by atomic mass is 16.5. The van der Waals surface area contributed by atoms with Crippen LogP contribution in [0, 0.1) is 5.41 Å². The molecule has 108 valence electrons. The van der Waals surface area contributed by atoms with Crippen LogP contribution in [0.1, 0.15) is 47.5 Å². The van der Waals surface area contributed by atoms with Gasteiger partial charge in [-0.2, -0.15) is 0 Å². The lowest BCUT2D eigenvalue weighted by atomic mass is 9.81. The maximum absolute atomic E-state index is 5.78. The molecule has 18 heavy (non-hydrogen) atoms. The fraction of sp³-hybridized carbons (Fsp3) is 1.00. The molecule has 1 unspecified atom stereocenters. The van der Waals surface area contributed by atoms with E-state index in [1.807, 2.05) is 0 Å². The minimum atomic E-state index is 0.308. The first-order valence-corrected chi connectivity index (χ1v) is 7.54. The van der Waals surface area contributed by atoms with E-state index in [-0.39, 0.29) is 0 Å². The summed E-state index contributed by atoms with van der Waals surface area (Å²) in [6.45, 7) is 16.5. The second-order valence-electron chi connectivity index (χ2n) is 6.35. The first-order chi connectivity index (χ1) is 8.49. The van der Waals surface area contributed by atoms with Gasteiger partial charge in [-0.1, -0.05) is 20.8 Å². The third-order valence-electron chi connectivity index (χ3n) is 3.96. The lowest BCUT2D eigenvalue weighted by molar-refractivity contribution is -0.0307. The molecule has 1 N–H and O–H groups in total. The third-order valence-corrected chi connectivity index (χ3v) is 3.96. The van der Waals surface area contributed by atoms with Crippen molar-refractivity contribution in [3.05, 3.63) is 0 Å². The molecule has 1 heterocycles. The van der Waals surface area contributed by atoms with E-state index in [0.29, 0.717) is 17.5 Å². The molecule has 1 saturated heterocycles. The van der Waals surface area contributed by atoms with Crippen LogP contribution in [0.3, 0.4) is 0 Å². The SMILES string of the molecule is CCN(CC1(CNC(C)C)CCCOC1)C(C)C. The van der Waals surface area contributed by atoms with Gasteiger partial charge in [-0.25, -0.2) is 0 Å². The topological polar surface area (TPSA) is 24.5 Å². The van der Waals surface area contributed by atoms with Gasteiger partial charge < -0.3 is 15.0 Å². The Hall–Kier alpha value is -0.120. The average Bonchev–Trinajstić information content (AvgIpc) is 2.34. The smallest absolute Gasteiger partial charge is 0.0546 e. The molecule has 3 heteroatoms. The minimum Gasteiger partial charge on any atom is -0.381 e. The molecule has 0 amide bonds. The number of nitrogens with one attached hydrogen (secondary N) is 1. The first kappa shape index (κ1) is 15.9. The van der Waals surface area contributed by atoms with Crippen LogP contribution >= 0.6 is 0 Å². The molecular weight excluding hydrogens is 224 g/mol. The normalized spacial score (nSPS) is 25.3. The van der Waals surface area contributed by atoms with Crippen LogP contribution in [-0.2, 0) is 4.74 Å². The lowest BCUT2D eigenvalue weighted by Crippen LogP contribution is -2.51. The summed E-state index contributed by atoms with van der Waals surface area (Å²) in [4.78, 5) is 2.57. The van der Waals surface area contributed by atoms with Crippen molar-refractivity contribution in [1.29, 1.82) is 0 Å². The van der Waals surface area contributed by atoms with Gasteiger partial charge in [0.2, 0.25) is 0 Å². The molecule has 0 aromatic carbocycles. The third kappa shape index (κ3) is 4.87. The molecule has 0 bridgehead atoms. The molecule has 0 spiro atoms. The van der Waals surface area contributed by atoms with Crippen LogP contribution in [0.2, 0.25) is 0 Å². The quantitative estimate of drug-likeness (QED) is 0.757. The van der Waals surface area contributed by atoms with Crippen LogP contribution in [0.15, 0.2) is 0 Å². The van der Waals surface area contributed by atoms with E-state index in [2.05, 4.69) is 44.8 Å². The molecular formula is C15H32N2O. The Morgan fingerprint density at radius 1 is 1.28 bits per heavy atom. The Bertz CT molecular complexity index is 223. The van der Waals surface area contributed by atoms with Crippen molar-refractivity contribution in [2.45, 2.75) is 59.5 Å². The number of hydrogen-bond donors (Lipinski definition) is 1. The van der Waals surface area contributed by atoms with E-state index in [9.17, 15) is 0 Å². The number of nitrogens with zero attached hydrogens (tertiary/aromatic N) is 1. The summed E-state index contributed by atoms with van der Waals surface area (Å²) in [5.41, 5.74) is 0.308. The minimum absolute atomic E-state index is 0.308. The molecule has 1 atom stereocenters. The second-order valence-corrected chi connectivity index (χ2v) is 6.35.